The molecule has 1 fully saturated rings. The molecule has 2 aromatic heterocycles. The highest BCUT2D eigenvalue weighted by atomic mass is 79.9. The molecule has 19 heavy (non-hydrogen) atoms. The molecule has 0 saturated heterocycles. The summed E-state index contributed by atoms with van der Waals surface area (Å²) >= 11 is 10.2. The van der Waals surface area contributed by atoms with Crippen LogP contribution in [0.25, 0.3) is 10.6 Å². The molecule has 0 unspecified atom stereocenters. The van der Waals surface area contributed by atoms with Gasteiger partial charge in [-0.25, -0.2) is 0 Å². The lowest BCUT2D eigenvalue weighted by molar-refractivity contribution is 0.0968. The molecule has 0 bridgehead atoms. The van der Waals surface area contributed by atoms with Crippen molar-refractivity contribution in [3.05, 3.63) is 20.0 Å². The van der Waals surface area contributed by atoms with Crippen molar-refractivity contribution in [2.45, 2.75) is 17.7 Å². The van der Waals surface area contributed by atoms with Crippen molar-refractivity contribution < 1.29 is 9.32 Å². The maximum atomic E-state index is 12.2. The number of halogens is 2. The summed E-state index contributed by atoms with van der Waals surface area (Å²) in [6, 6.07) is 0. The molecule has 2 aromatic rings. The summed E-state index contributed by atoms with van der Waals surface area (Å²) in [5, 5.41) is 3.82. The Morgan fingerprint density at radius 3 is 2.89 bits per heavy atom. The Morgan fingerprint density at radius 2 is 2.26 bits per heavy atom. The molecule has 0 atom stereocenters. The van der Waals surface area contributed by atoms with Gasteiger partial charge in [0.2, 0.25) is 0 Å². The summed E-state index contributed by atoms with van der Waals surface area (Å²) in [6.45, 7) is 0. The molecular weight excluding hydrogens is 414 g/mol. The Balaban J connectivity index is 2.10. The number of rotatable bonds is 4. The first kappa shape index (κ1) is 13.9. The largest absolute Gasteiger partial charge is 0.355 e. The van der Waals surface area contributed by atoms with Gasteiger partial charge in [-0.3, -0.25) is 4.79 Å². The van der Waals surface area contributed by atoms with Crippen molar-refractivity contribution in [2.24, 2.45) is 5.92 Å². The zero-order valence-electron chi connectivity index (χ0n) is 9.91. The fourth-order valence-electron chi connectivity index (χ4n) is 1.85. The Hall–Kier alpha value is -0.110. The third-order valence-electron chi connectivity index (χ3n) is 2.96. The van der Waals surface area contributed by atoms with E-state index in [4.69, 9.17) is 4.52 Å². The zero-order chi connectivity index (χ0) is 13.6. The van der Waals surface area contributed by atoms with Gasteiger partial charge in [0, 0.05) is 10.8 Å². The van der Waals surface area contributed by atoms with E-state index in [2.05, 4.69) is 37.0 Å². The summed E-state index contributed by atoms with van der Waals surface area (Å²) in [6.07, 6.45) is 5.51. The first-order chi connectivity index (χ1) is 9.13. The highest BCUT2D eigenvalue weighted by Crippen LogP contribution is 2.48. The summed E-state index contributed by atoms with van der Waals surface area (Å²) in [7, 11) is 0. The number of hydrogen-bond acceptors (Lipinski definition) is 5. The van der Waals surface area contributed by atoms with Gasteiger partial charge in [0.1, 0.15) is 0 Å². The van der Waals surface area contributed by atoms with E-state index >= 15 is 0 Å². The number of carbonyl (C=O) groups excluding carboxylic acids is 1. The quantitative estimate of drug-likeness (QED) is 0.498. The molecule has 0 aromatic carbocycles. The molecule has 0 radical (unpaired) electrons. The van der Waals surface area contributed by atoms with E-state index in [1.807, 2.05) is 6.26 Å². The van der Waals surface area contributed by atoms with Gasteiger partial charge in [0.05, 0.1) is 24.9 Å². The molecule has 1 saturated carbocycles. The van der Waals surface area contributed by atoms with Crippen LogP contribution in [0.1, 0.15) is 23.2 Å². The van der Waals surface area contributed by atoms with Crippen molar-refractivity contribution in [1.82, 2.24) is 5.16 Å². The maximum Gasteiger partial charge on any atom is 0.188 e. The van der Waals surface area contributed by atoms with Crippen LogP contribution in [0.2, 0.25) is 0 Å². The number of ketones is 1. The number of thiophene rings is 1. The lowest BCUT2D eigenvalue weighted by Gasteiger charge is -2.00. The average molecular weight is 423 g/mol. The molecule has 0 spiro atoms. The molecule has 0 aliphatic heterocycles. The fraction of sp³-hybridized carbons (Fsp3) is 0.333. The molecule has 0 amide bonds. The Bertz CT molecular complexity index is 646. The summed E-state index contributed by atoms with van der Waals surface area (Å²) in [5.74, 6) is 0.921. The minimum atomic E-state index is 0.156. The van der Waals surface area contributed by atoms with Crippen molar-refractivity contribution in [2.75, 3.05) is 6.26 Å². The number of nitrogens with zero attached hydrogens (tertiary/aromatic N) is 1. The van der Waals surface area contributed by atoms with Crippen molar-refractivity contribution in [3.8, 4) is 10.6 Å². The Morgan fingerprint density at radius 1 is 1.53 bits per heavy atom. The fourth-order valence-corrected chi connectivity index (χ4v) is 5.52. The highest BCUT2D eigenvalue weighted by molar-refractivity contribution is 9.13. The number of Topliss-reactive ketones (excluding diaryl/α,β-unsaturated/α-hetero) is 1. The van der Waals surface area contributed by atoms with Gasteiger partial charge in [0.25, 0.3) is 0 Å². The van der Waals surface area contributed by atoms with Gasteiger partial charge < -0.3 is 4.52 Å². The van der Waals surface area contributed by atoms with Gasteiger partial charge in [-0.1, -0.05) is 5.16 Å². The smallest absolute Gasteiger partial charge is 0.188 e. The SMILES string of the molecule is CSc1c(-c2oncc2C(=O)C2CC2)sc(Br)c1Br. The van der Waals surface area contributed by atoms with Crippen LogP contribution < -0.4 is 0 Å². The minimum Gasteiger partial charge on any atom is -0.355 e. The van der Waals surface area contributed by atoms with Crippen LogP contribution in [0.4, 0.5) is 0 Å². The minimum absolute atomic E-state index is 0.156. The third-order valence-corrected chi connectivity index (χ3v) is 7.62. The van der Waals surface area contributed by atoms with E-state index in [9.17, 15) is 4.79 Å². The monoisotopic (exact) mass is 421 g/mol. The lowest BCUT2D eigenvalue weighted by atomic mass is 10.1. The second-order valence-corrected chi connectivity index (χ2v) is 8.21. The van der Waals surface area contributed by atoms with Gasteiger partial charge in [-0.15, -0.1) is 23.1 Å². The topological polar surface area (TPSA) is 43.1 Å². The molecule has 100 valence electrons. The van der Waals surface area contributed by atoms with Crippen LogP contribution in [0.5, 0.6) is 0 Å². The molecule has 7 heteroatoms. The van der Waals surface area contributed by atoms with Crippen molar-refractivity contribution in [1.29, 1.82) is 0 Å². The number of hydrogen-bond donors (Lipinski definition) is 0. The summed E-state index contributed by atoms with van der Waals surface area (Å²) in [4.78, 5) is 14.2. The Labute approximate surface area is 135 Å². The average Bonchev–Trinajstić information content (AvgIpc) is 3.07. The normalized spacial score (nSPS) is 14.9. The van der Waals surface area contributed by atoms with Gasteiger partial charge in [-0.2, -0.15) is 0 Å². The molecule has 2 heterocycles. The van der Waals surface area contributed by atoms with Crippen LogP contribution in [0, 0.1) is 5.92 Å². The van der Waals surface area contributed by atoms with E-state index in [1.54, 1.807) is 29.3 Å². The predicted molar refractivity (Wildman–Crippen MR) is 84.1 cm³/mol. The van der Waals surface area contributed by atoms with Crippen LogP contribution in [-0.4, -0.2) is 17.2 Å². The second kappa shape index (κ2) is 5.35. The number of carbonyl (C=O) groups is 1. The van der Waals surface area contributed by atoms with E-state index in [0.29, 0.717) is 11.3 Å². The number of aromatic nitrogens is 1. The summed E-state index contributed by atoms with van der Waals surface area (Å²) < 4.78 is 7.34. The first-order valence-corrected chi connectivity index (χ1v) is 9.27. The van der Waals surface area contributed by atoms with Crippen molar-refractivity contribution in [3.63, 3.8) is 0 Å². The van der Waals surface area contributed by atoms with E-state index in [-0.39, 0.29) is 11.7 Å². The molecular formula is C12H9Br2NO2S2. The molecule has 1 aliphatic rings. The third kappa shape index (κ3) is 2.46. The first-order valence-electron chi connectivity index (χ1n) is 5.64. The lowest BCUT2D eigenvalue weighted by Crippen LogP contribution is -2.00. The van der Waals surface area contributed by atoms with E-state index in [0.717, 1.165) is 30.9 Å². The van der Waals surface area contributed by atoms with E-state index < -0.39 is 0 Å². The van der Waals surface area contributed by atoms with Crippen LogP contribution in [-0.2, 0) is 0 Å². The maximum absolute atomic E-state index is 12.2. The second-order valence-electron chi connectivity index (χ2n) is 4.26. The highest BCUT2D eigenvalue weighted by Gasteiger charge is 2.34. The summed E-state index contributed by atoms with van der Waals surface area (Å²) in [5.41, 5.74) is 0.610. The molecule has 3 rings (SSSR count). The van der Waals surface area contributed by atoms with Crippen LogP contribution in [0.3, 0.4) is 0 Å². The molecule has 3 nitrogen and oxygen atoms in total. The molecule has 1 aliphatic carbocycles. The number of thioether (sulfide) groups is 1. The standard InChI is InChI=1S/C12H9Br2NO2S2/c1-18-10-7(13)12(14)19-11(10)9-6(4-15-17-9)8(16)5-2-3-5/h4-5H,2-3H2,1H3. The predicted octanol–water partition coefficient (Wildman–Crippen LogP) is 5.24. The zero-order valence-corrected chi connectivity index (χ0v) is 14.7. The van der Waals surface area contributed by atoms with E-state index in [1.165, 1.54) is 0 Å². The van der Waals surface area contributed by atoms with Crippen molar-refractivity contribution >= 4 is 60.7 Å². The van der Waals surface area contributed by atoms with Gasteiger partial charge >= 0.3 is 0 Å². The van der Waals surface area contributed by atoms with Gasteiger partial charge in [-0.05, 0) is 51.0 Å². The van der Waals surface area contributed by atoms with Gasteiger partial charge in [0.15, 0.2) is 11.5 Å². The van der Waals surface area contributed by atoms with Crippen LogP contribution >= 0.6 is 55.0 Å². The van der Waals surface area contributed by atoms with Crippen LogP contribution in [0.15, 0.2) is 23.9 Å². The Kier molecular flexibility index (Phi) is 3.90. The molecule has 0 N–H and O–H groups in total.